The standard InChI is InChI=1S/C21H24Cl2N4O2/c1-27(21(22,23)16-8-3-2-4-9-16)15-7-13-24-19(28)12-14-25-20-26-17-10-5-6-11-18(17)29-20/h2-6,8-11H,7,12-15H2,1H3,(H,24,28)(H,25,26). The molecule has 29 heavy (non-hydrogen) atoms. The van der Waals surface area contributed by atoms with E-state index in [9.17, 15) is 4.79 Å². The molecule has 1 aromatic heterocycles. The average molecular weight is 435 g/mol. The number of halogens is 2. The zero-order valence-corrected chi connectivity index (χ0v) is 17.7. The Kier molecular flexibility index (Phi) is 7.36. The van der Waals surface area contributed by atoms with Gasteiger partial charge in [-0.2, -0.15) is 4.98 Å². The smallest absolute Gasteiger partial charge is 0.295 e. The number of oxazole rings is 1. The summed E-state index contributed by atoms with van der Waals surface area (Å²) in [6, 6.07) is 17.4. The van der Waals surface area contributed by atoms with Gasteiger partial charge in [0, 0.05) is 31.6 Å². The Labute approximate surface area is 180 Å². The first-order chi connectivity index (χ1) is 14.0. The van der Waals surface area contributed by atoms with Gasteiger partial charge in [0.05, 0.1) is 0 Å². The van der Waals surface area contributed by atoms with E-state index in [1.54, 1.807) is 0 Å². The van der Waals surface area contributed by atoms with Crippen molar-refractivity contribution in [1.82, 2.24) is 15.2 Å². The van der Waals surface area contributed by atoms with Crippen molar-refractivity contribution < 1.29 is 9.21 Å². The molecule has 0 unspecified atom stereocenters. The topological polar surface area (TPSA) is 70.4 Å². The summed E-state index contributed by atoms with van der Waals surface area (Å²) < 4.78 is 4.46. The molecule has 0 bridgehead atoms. The number of anilines is 1. The predicted octanol–water partition coefficient (Wildman–Crippen LogP) is 4.36. The lowest BCUT2D eigenvalue weighted by molar-refractivity contribution is -0.120. The van der Waals surface area contributed by atoms with Crippen LogP contribution in [0.2, 0.25) is 0 Å². The predicted molar refractivity (Wildman–Crippen MR) is 117 cm³/mol. The van der Waals surface area contributed by atoms with Crippen LogP contribution in [0.15, 0.2) is 59.0 Å². The summed E-state index contributed by atoms with van der Waals surface area (Å²) >= 11 is 13.0. The van der Waals surface area contributed by atoms with Crippen LogP contribution in [0.5, 0.6) is 0 Å². The maximum absolute atomic E-state index is 12.0. The highest BCUT2D eigenvalue weighted by atomic mass is 35.5. The Hall–Kier alpha value is -2.28. The first-order valence-corrected chi connectivity index (χ1v) is 10.2. The van der Waals surface area contributed by atoms with Gasteiger partial charge in [0.2, 0.25) is 5.91 Å². The van der Waals surface area contributed by atoms with E-state index in [4.69, 9.17) is 27.6 Å². The fourth-order valence-electron chi connectivity index (χ4n) is 2.86. The van der Waals surface area contributed by atoms with Crippen LogP contribution in [0.25, 0.3) is 11.1 Å². The van der Waals surface area contributed by atoms with Gasteiger partial charge < -0.3 is 15.1 Å². The van der Waals surface area contributed by atoms with Crippen LogP contribution in [0.1, 0.15) is 18.4 Å². The maximum atomic E-state index is 12.0. The van der Waals surface area contributed by atoms with Crippen LogP contribution in [-0.2, 0) is 9.25 Å². The van der Waals surface area contributed by atoms with Gasteiger partial charge in [0.1, 0.15) is 5.52 Å². The van der Waals surface area contributed by atoms with E-state index in [2.05, 4.69) is 15.6 Å². The summed E-state index contributed by atoms with van der Waals surface area (Å²) in [6.45, 7) is 1.63. The van der Waals surface area contributed by atoms with E-state index >= 15 is 0 Å². The van der Waals surface area contributed by atoms with Gasteiger partial charge in [-0.1, -0.05) is 65.7 Å². The van der Waals surface area contributed by atoms with Crippen LogP contribution in [0.3, 0.4) is 0 Å². The second-order valence-corrected chi connectivity index (χ2v) is 7.98. The molecule has 2 aromatic carbocycles. The van der Waals surface area contributed by atoms with Crippen molar-refractivity contribution >= 4 is 46.2 Å². The molecule has 154 valence electrons. The molecule has 0 aliphatic carbocycles. The highest BCUT2D eigenvalue weighted by Gasteiger charge is 2.30. The average Bonchev–Trinajstić information content (AvgIpc) is 3.14. The van der Waals surface area contributed by atoms with E-state index in [1.807, 2.05) is 66.5 Å². The first-order valence-electron chi connectivity index (χ1n) is 9.47. The lowest BCUT2D eigenvalue weighted by Crippen LogP contribution is -2.36. The molecule has 1 amide bonds. The number of para-hydroxylation sites is 2. The van der Waals surface area contributed by atoms with E-state index < -0.39 is 4.46 Å². The largest absolute Gasteiger partial charge is 0.424 e. The summed E-state index contributed by atoms with van der Waals surface area (Å²) in [4.78, 5) is 18.2. The highest BCUT2D eigenvalue weighted by molar-refractivity contribution is 6.47. The molecule has 0 aliphatic heterocycles. The zero-order valence-electron chi connectivity index (χ0n) is 16.2. The van der Waals surface area contributed by atoms with Gasteiger partial charge >= 0.3 is 0 Å². The summed E-state index contributed by atoms with van der Waals surface area (Å²) in [7, 11) is 1.86. The minimum Gasteiger partial charge on any atom is -0.424 e. The SMILES string of the molecule is CN(CCCNC(=O)CCNc1nc2ccccc2o1)C(Cl)(Cl)c1ccccc1. The molecule has 0 fully saturated rings. The Morgan fingerprint density at radius 1 is 1.10 bits per heavy atom. The van der Waals surface area contributed by atoms with Gasteiger partial charge in [0.15, 0.2) is 10.0 Å². The summed E-state index contributed by atoms with van der Waals surface area (Å²) in [5.74, 6) is -0.0395. The van der Waals surface area contributed by atoms with Gasteiger partial charge in [-0.05, 0) is 25.6 Å². The van der Waals surface area contributed by atoms with Crippen LogP contribution in [0.4, 0.5) is 6.01 Å². The van der Waals surface area contributed by atoms with Gasteiger partial charge in [-0.25, -0.2) is 0 Å². The fourth-order valence-corrected chi connectivity index (χ4v) is 3.28. The normalized spacial score (nSPS) is 11.7. The number of aromatic nitrogens is 1. The van der Waals surface area contributed by atoms with Crippen LogP contribution >= 0.6 is 23.2 Å². The lowest BCUT2D eigenvalue weighted by atomic mass is 10.2. The van der Waals surface area contributed by atoms with Crippen molar-refractivity contribution in [3.63, 3.8) is 0 Å². The van der Waals surface area contributed by atoms with E-state index in [-0.39, 0.29) is 5.91 Å². The molecule has 0 radical (unpaired) electrons. The molecule has 0 atom stereocenters. The van der Waals surface area contributed by atoms with Crippen molar-refractivity contribution in [3.05, 3.63) is 60.2 Å². The lowest BCUT2D eigenvalue weighted by Gasteiger charge is -2.31. The number of amides is 1. The number of nitrogens with zero attached hydrogens (tertiary/aromatic N) is 2. The molecular formula is C21H24Cl2N4O2. The number of nitrogens with one attached hydrogen (secondary N) is 2. The molecule has 2 N–H and O–H groups in total. The zero-order chi connectivity index (χ0) is 20.7. The quantitative estimate of drug-likeness (QED) is 0.281. The number of alkyl halides is 2. The van der Waals surface area contributed by atoms with E-state index in [1.165, 1.54) is 0 Å². The van der Waals surface area contributed by atoms with Gasteiger partial charge in [0.25, 0.3) is 6.01 Å². The van der Waals surface area contributed by atoms with E-state index in [0.717, 1.165) is 17.5 Å². The molecule has 0 spiro atoms. The van der Waals surface area contributed by atoms with Crippen molar-refractivity contribution in [1.29, 1.82) is 0 Å². The van der Waals surface area contributed by atoms with Crippen molar-refractivity contribution in [2.75, 3.05) is 32.0 Å². The van der Waals surface area contributed by atoms with Crippen LogP contribution in [-0.4, -0.2) is 42.5 Å². The van der Waals surface area contributed by atoms with Gasteiger partial charge in [-0.15, -0.1) is 0 Å². The second-order valence-electron chi connectivity index (χ2n) is 6.70. The molecule has 8 heteroatoms. The molecule has 0 aliphatic rings. The third-order valence-corrected chi connectivity index (χ3v) is 5.53. The minimum absolute atomic E-state index is 0.0395. The monoisotopic (exact) mass is 434 g/mol. The highest BCUT2D eigenvalue weighted by Crippen LogP contribution is 2.36. The molecule has 6 nitrogen and oxygen atoms in total. The molecule has 0 saturated carbocycles. The summed E-state index contributed by atoms with van der Waals surface area (Å²) in [6.07, 6.45) is 1.06. The number of hydrogen-bond acceptors (Lipinski definition) is 5. The summed E-state index contributed by atoms with van der Waals surface area (Å²) in [5.41, 5.74) is 2.32. The van der Waals surface area contributed by atoms with Crippen molar-refractivity contribution in [2.24, 2.45) is 0 Å². The number of carbonyl (C=O) groups excluding carboxylic acids is 1. The maximum Gasteiger partial charge on any atom is 0.295 e. The Balaban J connectivity index is 1.33. The Morgan fingerprint density at radius 2 is 1.83 bits per heavy atom. The first kappa shape index (κ1) is 21.4. The molecule has 0 saturated heterocycles. The molecule has 3 rings (SSSR count). The molecular weight excluding hydrogens is 411 g/mol. The van der Waals surface area contributed by atoms with Gasteiger partial charge in [-0.3, -0.25) is 9.69 Å². The van der Waals surface area contributed by atoms with Crippen LogP contribution in [0, 0.1) is 0 Å². The minimum atomic E-state index is -1.10. The number of fused-ring (bicyclic) bond motifs is 1. The Morgan fingerprint density at radius 3 is 2.59 bits per heavy atom. The third-order valence-electron chi connectivity index (χ3n) is 4.52. The van der Waals surface area contributed by atoms with E-state index in [0.29, 0.717) is 37.7 Å². The second kappa shape index (κ2) is 9.96. The van der Waals surface area contributed by atoms with Crippen molar-refractivity contribution in [2.45, 2.75) is 17.3 Å². The summed E-state index contributed by atoms with van der Waals surface area (Å²) in [5, 5.41) is 5.93. The number of hydrogen-bond donors (Lipinski definition) is 2. The number of carbonyl (C=O) groups is 1. The molecule has 3 aromatic rings. The number of rotatable bonds is 10. The number of benzene rings is 2. The van der Waals surface area contributed by atoms with Crippen molar-refractivity contribution in [3.8, 4) is 0 Å². The van der Waals surface area contributed by atoms with Crippen LogP contribution < -0.4 is 10.6 Å². The Bertz CT molecular complexity index is 898. The molecule has 1 heterocycles. The third kappa shape index (κ3) is 5.85. The fraction of sp³-hybridized carbons (Fsp3) is 0.333.